The number of hydrogen-bond donors (Lipinski definition) is 0. The Bertz CT molecular complexity index is 749. The Kier molecular flexibility index (Phi) is 5.67. The molecule has 156 valence electrons. The quantitative estimate of drug-likeness (QED) is 0.631. The van der Waals surface area contributed by atoms with Crippen molar-refractivity contribution in [2.75, 3.05) is 40.6 Å². The molecule has 5 nitrogen and oxygen atoms in total. The summed E-state index contributed by atoms with van der Waals surface area (Å²) in [5.41, 5.74) is 2.37. The van der Waals surface area contributed by atoms with Crippen LogP contribution in [0.2, 0.25) is 0 Å². The van der Waals surface area contributed by atoms with E-state index in [1.165, 1.54) is 0 Å². The largest absolute Gasteiger partial charge is 0.457 e. The predicted molar refractivity (Wildman–Crippen MR) is 110 cm³/mol. The van der Waals surface area contributed by atoms with Gasteiger partial charge in [0.1, 0.15) is 11.5 Å². The first-order valence-electron chi connectivity index (χ1n) is 10.1. The van der Waals surface area contributed by atoms with Crippen molar-refractivity contribution in [1.82, 2.24) is 0 Å². The summed E-state index contributed by atoms with van der Waals surface area (Å²) in [5.74, 6) is 1.61. The lowest BCUT2D eigenvalue weighted by atomic mass is 9.77. The average molecular weight is 398 g/mol. The van der Waals surface area contributed by atoms with Crippen LogP contribution >= 0.6 is 0 Å². The summed E-state index contributed by atoms with van der Waals surface area (Å²) < 4.78 is 28.3. The molecule has 0 aliphatic carbocycles. The van der Waals surface area contributed by atoms with Crippen LogP contribution in [0, 0.1) is 10.8 Å². The normalized spacial score (nSPS) is 31.0. The molecule has 4 atom stereocenters. The van der Waals surface area contributed by atoms with Crippen molar-refractivity contribution in [2.24, 2.45) is 10.8 Å². The van der Waals surface area contributed by atoms with Gasteiger partial charge in [-0.1, -0.05) is 38.1 Å². The number of benzene rings is 2. The molecule has 0 bridgehead atoms. The van der Waals surface area contributed by atoms with Crippen molar-refractivity contribution in [2.45, 2.75) is 26.1 Å². The van der Waals surface area contributed by atoms with Gasteiger partial charge in [-0.25, -0.2) is 0 Å². The lowest BCUT2D eigenvalue weighted by molar-refractivity contribution is -0.203. The Labute approximate surface area is 172 Å². The molecule has 2 aliphatic heterocycles. The number of methoxy groups -OCH3 is 2. The van der Waals surface area contributed by atoms with Gasteiger partial charge in [-0.15, -0.1) is 0 Å². The van der Waals surface area contributed by atoms with E-state index in [1.54, 1.807) is 14.2 Å². The lowest BCUT2D eigenvalue weighted by Crippen LogP contribution is -2.46. The molecule has 2 aliphatic rings. The molecule has 0 spiro atoms. The second-order valence-corrected chi connectivity index (χ2v) is 8.80. The zero-order valence-electron chi connectivity index (χ0n) is 17.6. The van der Waals surface area contributed by atoms with Crippen molar-refractivity contribution < 1.29 is 23.7 Å². The van der Waals surface area contributed by atoms with Gasteiger partial charge in [0, 0.05) is 25.0 Å². The van der Waals surface area contributed by atoms with Gasteiger partial charge in [0.05, 0.1) is 38.6 Å². The summed E-state index contributed by atoms with van der Waals surface area (Å²) in [5, 5.41) is 0. The highest BCUT2D eigenvalue weighted by Gasteiger charge is 2.46. The Morgan fingerprint density at radius 3 is 1.38 bits per heavy atom. The predicted octanol–water partition coefficient (Wildman–Crippen LogP) is 4.93. The molecule has 0 amide bonds. The fourth-order valence-corrected chi connectivity index (χ4v) is 4.35. The third-order valence-electron chi connectivity index (χ3n) is 5.97. The first-order valence-corrected chi connectivity index (χ1v) is 10.1. The van der Waals surface area contributed by atoms with E-state index < -0.39 is 0 Å². The third kappa shape index (κ3) is 3.92. The minimum Gasteiger partial charge on any atom is -0.457 e. The highest BCUT2D eigenvalue weighted by molar-refractivity contribution is 5.37. The van der Waals surface area contributed by atoms with Gasteiger partial charge in [-0.2, -0.15) is 0 Å². The van der Waals surface area contributed by atoms with Crippen LogP contribution in [0.15, 0.2) is 48.5 Å². The zero-order chi connectivity index (χ0) is 20.5. The monoisotopic (exact) mass is 398 g/mol. The maximum Gasteiger partial charge on any atom is 0.127 e. The summed E-state index contributed by atoms with van der Waals surface area (Å²) in [6, 6.07) is 16.2. The van der Waals surface area contributed by atoms with E-state index in [-0.39, 0.29) is 23.0 Å². The van der Waals surface area contributed by atoms with Crippen molar-refractivity contribution >= 4 is 0 Å². The highest BCUT2D eigenvalue weighted by Crippen LogP contribution is 2.47. The fourth-order valence-electron chi connectivity index (χ4n) is 4.35. The van der Waals surface area contributed by atoms with Crippen molar-refractivity contribution in [1.29, 1.82) is 0 Å². The lowest BCUT2D eigenvalue weighted by Gasteiger charge is -2.46. The third-order valence-corrected chi connectivity index (χ3v) is 5.97. The Morgan fingerprint density at radius 1 is 0.724 bits per heavy atom. The Balaban J connectivity index is 1.39. The molecule has 4 rings (SSSR count). The summed E-state index contributed by atoms with van der Waals surface area (Å²) in [7, 11) is 3.47. The van der Waals surface area contributed by atoms with Gasteiger partial charge in [-0.05, 0) is 35.4 Å². The van der Waals surface area contributed by atoms with E-state index in [0.717, 1.165) is 35.8 Å². The summed E-state index contributed by atoms with van der Waals surface area (Å²) >= 11 is 0. The molecule has 29 heavy (non-hydrogen) atoms. The Morgan fingerprint density at radius 2 is 1.10 bits per heavy atom. The van der Waals surface area contributed by atoms with E-state index >= 15 is 0 Å². The maximum absolute atomic E-state index is 6.02. The molecule has 0 aromatic heterocycles. The van der Waals surface area contributed by atoms with Crippen molar-refractivity contribution in [3.63, 3.8) is 0 Å². The van der Waals surface area contributed by atoms with Crippen LogP contribution in [0.4, 0.5) is 0 Å². The van der Waals surface area contributed by atoms with Crippen LogP contribution < -0.4 is 4.74 Å². The minimum atomic E-state index is 0.0356. The van der Waals surface area contributed by atoms with Crippen LogP contribution in [0.3, 0.4) is 0 Å². The Hall–Kier alpha value is -1.92. The molecular weight excluding hydrogens is 368 g/mol. The van der Waals surface area contributed by atoms with Crippen molar-refractivity contribution in [3.8, 4) is 11.5 Å². The molecular formula is C24H30O5. The van der Waals surface area contributed by atoms with Crippen molar-refractivity contribution in [3.05, 3.63) is 59.7 Å². The first kappa shape index (κ1) is 20.4. The van der Waals surface area contributed by atoms with Crippen LogP contribution in [-0.2, 0) is 18.9 Å². The van der Waals surface area contributed by atoms with Gasteiger partial charge in [0.2, 0.25) is 0 Å². The molecule has 2 heterocycles. The van der Waals surface area contributed by atoms with E-state index in [4.69, 9.17) is 23.7 Å². The molecule has 2 fully saturated rings. The van der Waals surface area contributed by atoms with Gasteiger partial charge in [0.15, 0.2) is 0 Å². The number of hydrogen-bond acceptors (Lipinski definition) is 5. The van der Waals surface area contributed by atoms with Crippen LogP contribution in [0.25, 0.3) is 0 Å². The van der Waals surface area contributed by atoms with E-state index in [2.05, 4.69) is 38.1 Å². The van der Waals surface area contributed by atoms with Crippen LogP contribution in [0.5, 0.6) is 11.5 Å². The smallest absolute Gasteiger partial charge is 0.127 e. The molecule has 2 saturated heterocycles. The van der Waals surface area contributed by atoms with Crippen LogP contribution in [-0.4, -0.2) is 40.6 Å². The van der Waals surface area contributed by atoms with E-state index in [9.17, 15) is 0 Å². The average Bonchev–Trinajstić information content (AvgIpc) is 2.70. The van der Waals surface area contributed by atoms with E-state index in [1.807, 2.05) is 24.3 Å². The second-order valence-electron chi connectivity index (χ2n) is 8.80. The molecule has 2 aromatic carbocycles. The van der Waals surface area contributed by atoms with E-state index in [0.29, 0.717) is 13.2 Å². The number of rotatable bonds is 8. The zero-order valence-corrected chi connectivity index (χ0v) is 17.6. The molecule has 5 heteroatoms. The molecule has 0 N–H and O–H groups in total. The summed E-state index contributed by atoms with van der Waals surface area (Å²) in [6.07, 6.45) is 0.138. The second kappa shape index (κ2) is 8.07. The minimum absolute atomic E-state index is 0.0356. The van der Waals surface area contributed by atoms with Gasteiger partial charge >= 0.3 is 0 Å². The summed E-state index contributed by atoms with van der Waals surface area (Å²) in [6.45, 7) is 7.22. The molecule has 0 saturated carbocycles. The van der Waals surface area contributed by atoms with Gasteiger partial charge in [-0.3, -0.25) is 0 Å². The highest BCUT2D eigenvalue weighted by atomic mass is 16.5. The molecule has 4 unspecified atom stereocenters. The van der Waals surface area contributed by atoms with Gasteiger partial charge < -0.3 is 23.7 Å². The standard InChI is InChI=1S/C24H30O5/c1-23(13-25-3)15-27-21(23)17-5-9-19(10-6-17)29-20-11-7-18(8-12-20)22-24(2,14-26-4)16-28-22/h5-12,21-22H,13-16H2,1-4H3. The summed E-state index contributed by atoms with van der Waals surface area (Å²) in [4.78, 5) is 0. The number of ether oxygens (including phenoxy) is 5. The SMILES string of the molecule is COCC1(C)COC1c1ccc(Oc2ccc(C3OCC3(C)COC)cc2)cc1. The molecule has 0 radical (unpaired) electrons. The topological polar surface area (TPSA) is 46.2 Å². The van der Waals surface area contributed by atoms with Crippen LogP contribution in [0.1, 0.15) is 37.2 Å². The fraction of sp³-hybridized carbons (Fsp3) is 0.500. The molecule has 2 aromatic rings. The maximum atomic E-state index is 6.02. The first-order chi connectivity index (χ1) is 14.0. The van der Waals surface area contributed by atoms with Gasteiger partial charge in [0.25, 0.3) is 0 Å².